The van der Waals surface area contributed by atoms with E-state index in [0.29, 0.717) is 16.6 Å². The molecule has 3 rings (SSSR count). The lowest BCUT2D eigenvalue weighted by atomic mass is 10.00. The van der Waals surface area contributed by atoms with Crippen LogP contribution >= 0.6 is 0 Å². The van der Waals surface area contributed by atoms with Gasteiger partial charge in [0.2, 0.25) is 0 Å². The van der Waals surface area contributed by atoms with Crippen LogP contribution in [0.4, 0.5) is 8.78 Å². The summed E-state index contributed by atoms with van der Waals surface area (Å²) in [5.41, 5.74) is 1.56. The minimum absolute atomic E-state index is 0.252. The first-order valence-electron chi connectivity index (χ1n) is 6.15. The van der Waals surface area contributed by atoms with E-state index in [-0.39, 0.29) is 5.56 Å². The zero-order valence-electron chi connectivity index (χ0n) is 10.7. The van der Waals surface area contributed by atoms with Gasteiger partial charge in [0.1, 0.15) is 0 Å². The second-order valence-electron chi connectivity index (χ2n) is 4.60. The molecule has 0 amide bonds. The van der Waals surface area contributed by atoms with Crippen LogP contribution in [0.2, 0.25) is 0 Å². The number of H-pyrrole nitrogens is 1. The van der Waals surface area contributed by atoms with Crippen molar-refractivity contribution in [1.82, 2.24) is 4.98 Å². The number of fused-ring (bicyclic) bond motifs is 1. The third-order valence-electron chi connectivity index (χ3n) is 3.32. The predicted octanol–water partition coefficient (Wildman–Crippen LogP) is 3.99. The quantitative estimate of drug-likeness (QED) is 0.702. The highest BCUT2D eigenvalue weighted by atomic mass is 19.2. The number of ketones is 1. The smallest absolute Gasteiger partial charge is 0.198 e. The van der Waals surface area contributed by atoms with Gasteiger partial charge in [0, 0.05) is 16.6 Å². The van der Waals surface area contributed by atoms with Crippen molar-refractivity contribution < 1.29 is 13.6 Å². The fourth-order valence-electron chi connectivity index (χ4n) is 2.38. The van der Waals surface area contributed by atoms with Crippen molar-refractivity contribution >= 4 is 16.7 Å². The number of rotatable bonds is 2. The van der Waals surface area contributed by atoms with E-state index in [1.54, 1.807) is 19.1 Å². The SMILES string of the molecule is Cc1[nH]c2ccccc2c1C(=O)c1cccc(F)c1F. The van der Waals surface area contributed by atoms with Crippen LogP contribution in [-0.4, -0.2) is 10.8 Å². The van der Waals surface area contributed by atoms with Crippen LogP contribution in [0, 0.1) is 18.6 Å². The van der Waals surface area contributed by atoms with Gasteiger partial charge in [-0.1, -0.05) is 24.3 Å². The summed E-state index contributed by atoms with van der Waals surface area (Å²) in [5.74, 6) is -2.65. The lowest BCUT2D eigenvalue weighted by molar-refractivity contribution is 0.103. The van der Waals surface area contributed by atoms with Crippen LogP contribution in [0.1, 0.15) is 21.6 Å². The van der Waals surface area contributed by atoms with Gasteiger partial charge in [-0.25, -0.2) is 8.78 Å². The maximum absolute atomic E-state index is 13.8. The largest absolute Gasteiger partial charge is 0.358 e. The van der Waals surface area contributed by atoms with Gasteiger partial charge >= 0.3 is 0 Å². The Morgan fingerprint density at radius 2 is 1.80 bits per heavy atom. The highest BCUT2D eigenvalue weighted by Crippen LogP contribution is 2.26. The molecule has 20 heavy (non-hydrogen) atoms. The van der Waals surface area contributed by atoms with E-state index in [9.17, 15) is 13.6 Å². The van der Waals surface area contributed by atoms with Crippen molar-refractivity contribution in [3.63, 3.8) is 0 Å². The summed E-state index contributed by atoms with van der Waals surface area (Å²) in [6.07, 6.45) is 0. The van der Waals surface area contributed by atoms with Crippen molar-refractivity contribution in [3.05, 3.63) is 70.9 Å². The van der Waals surface area contributed by atoms with E-state index in [4.69, 9.17) is 0 Å². The van der Waals surface area contributed by atoms with E-state index in [1.165, 1.54) is 12.1 Å². The highest BCUT2D eigenvalue weighted by molar-refractivity contribution is 6.17. The summed E-state index contributed by atoms with van der Waals surface area (Å²) < 4.78 is 27.0. The molecule has 0 spiro atoms. The molecule has 0 aliphatic carbocycles. The molecule has 100 valence electrons. The Labute approximate surface area is 114 Å². The Bertz CT molecular complexity index is 820. The maximum Gasteiger partial charge on any atom is 0.198 e. The summed E-state index contributed by atoms with van der Waals surface area (Å²) in [5, 5.41) is 0.707. The number of benzene rings is 2. The summed E-state index contributed by atoms with van der Waals surface area (Å²) in [7, 11) is 0. The standard InChI is InChI=1S/C16H11F2NO/c1-9-14(10-5-2-3-8-13(10)19-9)16(20)11-6-4-7-12(17)15(11)18/h2-8,19H,1H3. The number of carbonyl (C=O) groups is 1. The van der Waals surface area contributed by atoms with Crippen molar-refractivity contribution in [2.24, 2.45) is 0 Å². The minimum Gasteiger partial charge on any atom is -0.358 e. The molecule has 2 nitrogen and oxygen atoms in total. The molecule has 0 aliphatic heterocycles. The van der Waals surface area contributed by atoms with Crippen LogP contribution in [0.5, 0.6) is 0 Å². The lowest BCUT2D eigenvalue weighted by Gasteiger charge is -2.03. The van der Waals surface area contributed by atoms with Crippen molar-refractivity contribution in [3.8, 4) is 0 Å². The molecule has 0 atom stereocenters. The second-order valence-corrected chi connectivity index (χ2v) is 4.60. The molecule has 0 radical (unpaired) electrons. The topological polar surface area (TPSA) is 32.9 Å². The van der Waals surface area contributed by atoms with E-state index in [0.717, 1.165) is 11.6 Å². The molecule has 0 fully saturated rings. The van der Waals surface area contributed by atoms with Gasteiger partial charge in [-0.15, -0.1) is 0 Å². The molecule has 0 saturated carbocycles. The number of hydrogen-bond acceptors (Lipinski definition) is 1. The molecule has 1 N–H and O–H groups in total. The molecule has 1 aromatic heterocycles. The molecule has 0 unspecified atom stereocenters. The molecule has 0 aliphatic rings. The van der Waals surface area contributed by atoms with Gasteiger partial charge in [0.25, 0.3) is 0 Å². The number of aryl methyl sites for hydroxylation is 1. The van der Waals surface area contributed by atoms with Gasteiger partial charge < -0.3 is 4.98 Å². The van der Waals surface area contributed by atoms with E-state index in [1.807, 2.05) is 12.1 Å². The fraction of sp³-hybridized carbons (Fsp3) is 0.0625. The predicted molar refractivity (Wildman–Crippen MR) is 72.8 cm³/mol. The average Bonchev–Trinajstić information content (AvgIpc) is 2.77. The first kappa shape index (κ1) is 12.5. The third kappa shape index (κ3) is 1.81. The van der Waals surface area contributed by atoms with Crippen LogP contribution < -0.4 is 0 Å². The zero-order valence-corrected chi connectivity index (χ0v) is 10.7. The Balaban J connectivity index is 2.23. The highest BCUT2D eigenvalue weighted by Gasteiger charge is 2.21. The number of halogens is 2. The van der Waals surface area contributed by atoms with Gasteiger partial charge in [0.05, 0.1) is 11.1 Å². The number of para-hydroxylation sites is 1. The molecule has 0 saturated heterocycles. The first-order chi connectivity index (χ1) is 9.59. The minimum atomic E-state index is -1.11. The molecule has 1 heterocycles. The normalized spacial score (nSPS) is 10.9. The average molecular weight is 271 g/mol. The number of nitrogens with one attached hydrogen (secondary N) is 1. The van der Waals surface area contributed by atoms with E-state index in [2.05, 4.69) is 4.98 Å². The van der Waals surface area contributed by atoms with Crippen molar-refractivity contribution in [2.45, 2.75) is 6.92 Å². The van der Waals surface area contributed by atoms with Crippen LogP contribution in [0.25, 0.3) is 10.9 Å². The summed E-state index contributed by atoms with van der Waals surface area (Å²) >= 11 is 0. The van der Waals surface area contributed by atoms with Gasteiger partial charge in [0.15, 0.2) is 17.4 Å². The molecule has 4 heteroatoms. The van der Waals surface area contributed by atoms with E-state index >= 15 is 0 Å². The van der Waals surface area contributed by atoms with Crippen LogP contribution in [-0.2, 0) is 0 Å². The Hall–Kier alpha value is -2.49. The van der Waals surface area contributed by atoms with Gasteiger partial charge in [-0.3, -0.25) is 4.79 Å². The van der Waals surface area contributed by atoms with E-state index < -0.39 is 17.4 Å². The third-order valence-corrected chi connectivity index (χ3v) is 3.32. The maximum atomic E-state index is 13.8. The van der Waals surface area contributed by atoms with Crippen LogP contribution in [0.15, 0.2) is 42.5 Å². The number of aromatic amines is 1. The van der Waals surface area contributed by atoms with Crippen molar-refractivity contribution in [1.29, 1.82) is 0 Å². The molecular formula is C16H11F2NO. The Morgan fingerprint density at radius 3 is 2.60 bits per heavy atom. The zero-order chi connectivity index (χ0) is 14.3. The number of aromatic nitrogens is 1. The monoisotopic (exact) mass is 271 g/mol. The lowest BCUT2D eigenvalue weighted by Crippen LogP contribution is -2.06. The Kier molecular flexibility index (Phi) is 2.86. The first-order valence-corrected chi connectivity index (χ1v) is 6.15. The summed E-state index contributed by atoms with van der Waals surface area (Å²) in [6, 6.07) is 10.9. The van der Waals surface area contributed by atoms with Gasteiger partial charge in [-0.2, -0.15) is 0 Å². The number of hydrogen-bond donors (Lipinski definition) is 1. The fourth-order valence-corrected chi connectivity index (χ4v) is 2.38. The number of carbonyl (C=O) groups excluding carboxylic acids is 1. The molecule has 0 bridgehead atoms. The molecular weight excluding hydrogens is 260 g/mol. The second kappa shape index (κ2) is 4.56. The van der Waals surface area contributed by atoms with Crippen molar-refractivity contribution in [2.75, 3.05) is 0 Å². The van der Waals surface area contributed by atoms with Gasteiger partial charge in [-0.05, 0) is 25.1 Å². The molecule has 3 aromatic rings. The Morgan fingerprint density at radius 1 is 1.05 bits per heavy atom. The van der Waals surface area contributed by atoms with Crippen LogP contribution in [0.3, 0.4) is 0 Å². The molecule has 2 aromatic carbocycles. The summed E-state index contributed by atoms with van der Waals surface area (Å²) in [6.45, 7) is 1.74. The summed E-state index contributed by atoms with van der Waals surface area (Å²) in [4.78, 5) is 15.6.